The van der Waals surface area contributed by atoms with E-state index in [2.05, 4.69) is 56.3 Å². The van der Waals surface area contributed by atoms with Crippen LogP contribution in [0.5, 0.6) is 23.0 Å². The average Bonchev–Trinajstić information content (AvgIpc) is 0.809. The average molecular weight is 1700 g/mol. The van der Waals surface area contributed by atoms with Crippen LogP contribution >= 0.6 is 0 Å². The van der Waals surface area contributed by atoms with E-state index < -0.39 is 23.9 Å². The molecule has 14 nitrogen and oxygen atoms in total. The first-order valence-electron chi connectivity index (χ1n) is 32.1. The minimum absolute atomic E-state index is 0. The Morgan fingerprint density at radius 2 is 0.500 bits per heavy atom. The molecular formula is C88H50Ir2N6O8. The smallest absolute Gasteiger partial charge is 0.423 e. The van der Waals surface area contributed by atoms with Gasteiger partial charge in [-0.1, -0.05) is 115 Å². The fraction of sp³-hybridized carbons (Fsp3) is 0. The van der Waals surface area contributed by atoms with E-state index in [1.54, 1.807) is 116 Å². The van der Waals surface area contributed by atoms with Crippen LogP contribution in [0.25, 0.3) is 112 Å². The van der Waals surface area contributed by atoms with Gasteiger partial charge in [-0.2, -0.15) is 5.56 Å². The van der Waals surface area contributed by atoms with Gasteiger partial charge in [0.2, 0.25) is 0 Å². The number of rotatable bonds is 18. The summed E-state index contributed by atoms with van der Waals surface area (Å²) in [5.74, 6) is -2.19. The zero-order valence-corrected chi connectivity index (χ0v) is 59.3. The Labute approximate surface area is 625 Å². The zero-order valence-electron chi connectivity index (χ0n) is 54.5. The molecule has 498 valence electrons. The Hall–Kier alpha value is -12.9. The maximum Gasteiger partial charge on any atom is 3.00 e. The summed E-state index contributed by atoms with van der Waals surface area (Å²) in [4.78, 5) is 83.2. The predicted molar refractivity (Wildman–Crippen MR) is 386 cm³/mol. The maximum absolute atomic E-state index is 13.8. The van der Waals surface area contributed by atoms with Crippen molar-refractivity contribution in [3.8, 4) is 135 Å². The van der Waals surface area contributed by atoms with E-state index >= 15 is 0 Å². The molecule has 0 bridgehead atoms. The van der Waals surface area contributed by atoms with E-state index in [0.29, 0.717) is 56.4 Å². The van der Waals surface area contributed by atoms with E-state index in [0.717, 1.165) is 55.6 Å². The van der Waals surface area contributed by atoms with Crippen LogP contribution < -0.4 is 18.9 Å². The number of benzene rings is 9. The van der Waals surface area contributed by atoms with E-state index in [4.69, 9.17) is 28.9 Å². The van der Waals surface area contributed by atoms with Crippen molar-refractivity contribution in [2.45, 2.75) is 0 Å². The number of carbonyl (C=O) groups is 4. The molecule has 0 unspecified atom stereocenters. The first-order chi connectivity index (χ1) is 50.1. The van der Waals surface area contributed by atoms with Gasteiger partial charge in [-0.05, 0) is 92.1 Å². The summed E-state index contributed by atoms with van der Waals surface area (Å²) >= 11 is 0. The second kappa shape index (κ2) is 32.1. The molecule has 15 aromatic rings. The summed E-state index contributed by atoms with van der Waals surface area (Å²) < 4.78 is 24.1. The summed E-state index contributed by atoms with van der Waals surface area (Å²) in [6, 6.07) is 99.0. The Kier molecular flexibility index (Phi) is 21.5. The van der Waals surface area contributed by atoms with Crippen molar-refractivity contribution >= 4 is 23.9 Å². The molecule has 0 saturated carbocycles. The second-order valence-electron chi connectivity index (χ2n) is 23.1. The molecule has 104 heavy (non-hydrogen) atoms. The van der Waals surface area contributed by atoms with Crippen molar-refractivity contribution in [3.63, 3.8) is 0 Å². The van der Waals surface area contributed by atoms with Crippen molar-refractivity contribution in [2.24, 2.45) is 0 Å². The van der Waals surface area contributed by atoms with Gasteiger partial charge in [0.05, 0.1) is 22.3 Å². The third-order valence-electron chi connectivity index (χ3n) is 16.5. The molecule has 0 radical (unpaired) electrons. The quantitative estimate of drug-likeness (QED) is 0.0449. The molecule has 9 aromatic carbocycles. The van der Waals surface area contributed by atoms with Gasteiger partial charge >= 0.3 is 64.1 Å². The normalized spacial score (nSPS) is 10.7. The molecular weight excluding hydrogens is 1650 g/mol. The third kappa shape index (κ3) is 16.1. The van der Waals surface area contributed by atoms with Crippen molar-refractivity contribution in [2.75, 3.05) is 0 Å². The maximum atomic E-state index is 13.8. The van der Waals surface area contributed by atoms with Gasteiger partial charge in [-0.3, -0.25) is 22.7 Å². The molecule has 0 fully saturated rings. The van der Waals surface area contributed by atoms with E-state index in [9.17, 15) is 19.2 Å². The van der Waals surface area contributed by atoms with E-state index in [1.165, 1.54) is 36.9 Å². The fourth-order valence-electron chi connectivity index (χ4n) is 11.4. The first kappa shape index (κ1) is 69.5. The van der Waals surface area contributed by atoms with Crippen molar-refractivity contribution in [1.82, 2.24) is 29.9 Å². The molecule has 0 aliphatic carbocycles. The summed E-state index contributed by atoms with van der Waals surface area (Å²) in [7, 11) is 0. The van der Waals surface area contributed by atoms with Crippen LogP contribution in [0.4, 0.5) is 0 Å². The van der Waals surface area contributed by atoms with Gasteiger partial charge in [-0.15, -0.1) is 150 Å². The number of esters is 4. The van der Waals surface area contributed by atoms with Crippen LogP contribution in [0.15, 0.2) is 304 Å². The van der Waals surface area contributed by atoms with Gasteiger partial charge in [0.15, 0.2) is 0 Å². The topological polar surface area (TPSA) is 183 Å². The molecule has 0 aliphatic heterocycles. The Morgan fingerprint density at radius 1 is 0.240 bits per heavy atom. The molecule has 0 N–H and O–H groups in total. The Balaban J connectivity index is 0.00000481. The summed E-state index contributed by atoms with van der Waals surface area (Å²) in [5, 5.41) is 0. The number of ether oxygens (including phenoxy) is 4. The summed E-state index contributed by atoms with van der Waals surface area (Å²) in [6.07, 6.45) is 9.34. The first-order valence-corrected chi connectivity index (χ1v) is 32.1. The number of hydrogen-bond acceptors (Lipinski definition) is 14. The van der Waals surface area contributed by atoms with Crippen LogP contribution in [-0.2, 0) is 40.2 Å². The number of carbonyl (C=O) groups excluding carboxylic acids is 4. The van der Waals surface area contributed by atoms with Gasteiger partial charge in [0, 0.05) is 60.6 Å². The van der Waals surface area contributed by atoms with Crippen molar-refractivity contribution in [1.29, 1.82) is 0 Å². The Bertz CT molecular complexity index is 4980. The van der Waals surface area contributed by atoms with Crippen LogP contribution in [0, 0.1) is 36.4 Å². The molecule has 6 heterocycles. The fourth-order valence-corrected chi connectivity index (χ4v) is 11.4. The number of hydrogen-bond donors (Lipinski definition) is 0. The predicted octanol–water partition coefficient (Wildman–Crippen LogP) is 18.4. The number of nitrogens with zero attached hydrogens (tertiary/aromatic N) is 6. The van der Waals surface area contributed by atoms with E-state index in [-0.39, 0.29) is 85.5 Å². The van der Waals surface area contributed by atoms with Crippen LogP contribution in [0.2, 0.25) is 0 Å². The van der Waals surface area contributed by atoms with Gasteiger partial charge < -0.3 is 43.9 Å². The van der Waals surface area contributed by atoms with Crippen LogP contribution in [-0.4, -0.2) is 53.8 Å². The van der Waals surface area contributed by atoms with E-state index in [1.807, 2.05) is 152 Å². The minimum Gasteiger partial charge on any atom is -0.423 e. The Morgan fingerprint density at radius 3 is 0.750 bits per heavy atom. The van der Waals surface area contributed by atoms with Crippen molar-refractivity contribution < 1.29 is 78.3 Å². The molecule has 16 heteroatoms. The second-order valence-corrected chi connectivity index (χ2v) is 23.1. The summed E-state index contributed by atoms with van der Waals surface area (Å²) in [6.45, 7) is 0. The molecule has 0 saturated heterocycles. The number of aromatic nitrogens is 6. The minimum atomic E-state index is -0.668. The molecule has 6 aromatic heterocycles. The molecule has 0 atom stereocenters. The molecule has 0 amide bonds. The number of pyridine rings is 6. The van der Waals surface area contributed by atoms with Crippen molar-refractivity contribution in [3.05, 3.63) is 363 Å². The third-order valence-corrected chi connectivity index (χ3v) is 16.5. The van der Waals surface area contributed by atoms with Gasteiger partial charge in [0.25, 0.3) is 0 Å². The standard InChI is InChI=1S/C88H50N6O8.2Ir/c95-85(65-34-40-79(91-53-65)57-18-5-1-6-19-57)99-71-45-69(46-72(49-71)100-86(96)66-35-41-80(92-54-66)58-20-7-2-8-21-58)77-30-15-13-28-75(77)63-32-38-83(89-51-63)61-26-17-27-62(44-61)84-39-33-64(52-90-84)76-29-14-16-31-78(76)70-47-73(101-87(97)67-36-42-81(93-55-67)59-22-9-3-10-23-59)50-74(48-70)102-88(98)68-37-43-82(94-56-68)60-24-11-4-12-25-60;;/h1-18,20,22,24,28-56H;;/q-6;2*+3. The largest absolute Gasteiger partial charge is 3.00 e. The monoisotopic (exact) mass is 1700 g/mol. The van der Waals surface area contributed by atoms with Gasteiger partial charge in [-0.25, -0.2) is 31.3 Å². The van der Waals surface area contributed by atoms with Crippen LogP contribution in [0.1, 0.15) is 41.4 Å². The van der Waals surface area contributed by atoms with Crippen LogP contribution in [0.3, 0.4) is 0 Å². The zero-order chi connectivity index (χ0) is 69.1. The SMILES string of the molecule is O=C(Oc1cc(OC(=O)c2ccc(-c3[c-]cccc3)nc2)cc(-c2ccccc2-c2ccc(-c3[c-]c[c-]c(-c4ccc(-c5ccccc5-c5cc(OC(=O)c6ccc(-c7[c-]cccc7)nc6)cc(OC(=O)c6ccc(-c7[c-]cccc7)nc6)c5)cn4)c3)nc2)c1)c1ccc(-c2[c-]cccc2)nc1.[Ir+3].[Ir+3]. The molecule has 0 spiro atoms. The van der Waals surface area contributed by atoms with Gasteiger partial charge in [0.1, 0.15) is 23.0 Å². The molecule has 0 aliphatic rings. The molecule has 15 rings (SSSR count). The summed E-state index contributed by atoms with van der Waals surface area (Å²) in [5.41, 5.74) is 14.9.